The Hall–Kier alpha value is -2.21. The first kappa shape index (κ1) is 16.6. The van der Waals surface area contributed by atoms with Crippen LogP contribution in [0.5, 0.6) is 17.2 Å². The molecule has 5 nitrogen and oxygen atoms in total. The molecule has 0 aliphatic carbocycles. The van der Waals surface area contributed by atoms with Crippen LogP contribution in [0.15, 0.2) is 46.9 Å². The number of ether oxygens (including phenoxy) is 3. The molecule has 2 unspecified atom stereocenters. The lowest BCUT2D eigenvalue weighted by molar-refractivity contribution is -0.127. The Labute approximate surface area is 149 Å². The van der Waals surface area contributed by atoms with E-state index in [1.54, 1.807) is 6.92 Å². The zero-order valence-corrected chi connectivity index (χ0v) is 15.0. The van der Waals surface area contributed by atoms with E-state index in [1.165, 1.54) is 0 Å². The summed E-state index contributed by atoms with van der Waals surface area (Å²) in [5, 5.41) is 2.95. The maximum absolute atomic E-state index is 12.3. The van der Waals surface area contributed by atoms with E-state index in [-0.39, 0.29) is 18.7 Å². The number of carbonyl (C=O) groups is 1. The second kappa shape index (κ2) is 7.13. The highest BCUT2D eigenvalue weighted by Crippen LogP contribution is 2.34. The van der Waals surface area contributed by atoms with Gasteiger partial charge in [0.15, 0.2) is 17.6 Å². The van der Waals surface area contributed by atoms with Crippen molar-refractivity contribution in [1.29, 1.82) is 0 Å². The SMILES string of the molecule is CC(Oc1ccc(Br)cc1)C(=O)NC(C)c1ccc2c(c1)OCO2. The van der Waals surface area contributed by atoms with Gasteiger partial charge < -0.3 is 19.5 Å². The predicted octanol–water partition coefficient (Wildman–Crippen LogP) is 3.82. The molecule has 0 saturated heterocycles. The molecule has 2 atom stereocenters. The number of hydrogen-bond donors (Lipinski definition) is 1. The Morgan fingerprint density at radius 2 is 1.83 bits per heavy atom. The topological polar surface area (TPSA) is 56.8 Å². The highest BCUT2D eigenvalue weighted by Gasteiger charge is 2.20. The van der Waals surface area contributed by atoms with Crippen molar-refractivity contribution in [1.82, 2.24) is 5.32 Å². The van der Waals surface area contributed by atoms with Gasteiger partial charge in [0.1, 0.15) is 5.75 Å². The average Bonchev–Trinajstić information content (AvgIpc) is 3.04. The molecule has 1 amide bonds. The van der Waals surface area contributed by atoms with E-state index in [0.29, 0.717) is 11.5 Å². The first-order chi connectivity index (χ1) is 11.5. The van der Waals surface area contributed by atoms with E-state index in [1.807, 2.05) is 49.4 Å². The van der Waals surface area contributed by atoms with E-state index in [2.05, 4.69) is 21.2 Å². The Morgan fingerprint density at radius 1 is 1.12 bits per heavy atom. The molecule has 3 rings (SSSR count). The quantitative estimate of drug-likeness (QED) is 0.841. The molecular formula is C18H18BrNO4. The highest BCUT2D eigenvalue weighted by molar-refractivity contribution is 9.10. The van der Waals surface area contributed by atoms with Crippen molar-refractivity contribution in [3.05, 3.63) is 52.5 Å². The van der Waals surface area contributed by atoms with Crippen LogP contribution in [0.2, 0.25) is 0 Å². The highest BCUT2D eigenvalue weighted by atomic mass is 79.9. The van der Waals surface area contributed by atoms with Crippen LogP contribution >= 0.6 is 15.9 Å². The summed E-state index contributed by atoms with van der Waals surface area (Å²) >= 11 is 3.37. The molecule has 0 aromatic heterocycles. The summed E-state index contributed by atoms with van der Waals surface area (Å²) in [6.07, 6.45) is -0.595. The second-order valence-corrected chi connectivity index (χ2v) is 6.47. The number of nitrogens with one attached hydrogen (secondary N) is 1. The van der Waals surface area contributed by atoms with E-state index in [9.17, 15) is 4.79 Å². The van der Waals surface area contributed by atoms with Crippen LogP contribution in [0.4, 0.5) is 0 Å². The number of carbonyl (C=O) groups excluding carboxylic acids is 1. The summed E-state index contributed by atoms with van der Waals surface area (Å²) in [5.41, 5.74) is 0.948. The van der Waals surface area contributed by atoms with Crippen molar-refractivity contribution in [2.45, 2.75) is 26.0 Å². The zero-order valence-electron chi connectivity index (χ0n) is 13.4. The van der Waals surface area contributed by atoms with Gasteiger partial charge in [0, 0.05) is 4.47 Å². The van der Waals surface area contributed by atoms with Gasteiger partial charge in [0.25, 0.3) is 5.91 Å². The van der Waals surface area contributed by atoms with Crippen molar-refractivity contribution in [2.75, 3.05) is 6.79 Å². The second-order valence-electron chi connectivity index (χ2n) is 5.56. The molecule has 1 aliphatic heterocycles. The number of halogens is 1. The molecule has 126 valence electrons. The molecule has 0 bridgehead atoms. The Balaban J connectivity index is 1.60. The van der Waals surface area contributed by atoms with Gasteiger partial charge in [-0.1, -0.05) is 22.0 Å². The van der Waals surface area contributed by atoms with Gasteiger partial charge >= 0.3 is 0 Å². The molecule has 1 heterocycles. The van der Waals surface area contributed by atoms with Crippen molar-refractivity contribution in [2.24, 2.45) is 0 Å². The van der Waals surface area contributed by atoms with Crippen molar-refractivity contribution in [3.8, 4) is 17.2 Å². The smallest absolute Gasteiger partial charge is 0.261 e. The van der Waals surface area contributed by atoms with E-state index in [4.69, 9.17) is 14.2 Å². The monoisotopic (exact) mass is 391 g/mol. The van der Waals surface area contributed by atoms with Gasteiger partial charge in [-0.2, -0.15) is 0 Å². The van der Waals surface area contributed by atoms with Gasteiger partial charge in [-0.05, 0) is 55.8 Å². The first-order valence-electron chi connectivity index (χ1n) is 7.65. The van der Waals surface area contributed by atoms with Crippen LogP contribution in [0.1, 0.15) is 25.5 Å². The van der Waals surface area contributed by atoms with Gasteiger partial charge in [0.2, 0.25) is 6.79 Å². The summed E-state index contributed by atoms with van der Waals surface area (Å²) in [5.74, 6) is 1.90. The van der Waals surface area contributed by atoms with Crippen LogP contribution in [-0.4, -0.2) is 18.8 Å². The maximum Gasteiger partial charge on any atom is 0.261 e. The van der Waals surface area contributed by atoms with Crippen molar-refractivity contribution < 1.29 is 19.0 Å². The number of amides is 1. The van der Waals surface area contributed by atoms with Crippen molar-refractivity contribution >= 4 is 21.8 Å². The molecule has 1 N–H and O–H groups in total. The van der Waals surface area contributed by atoms with Crippen LogP contribution in [-0.2, 0) is 4.79 Å². The molecule has 0 fully saturated rings. The molecule has 0 saturated carbocycles. The summed E-state index contributed by atoms with van der Waals surface area (Å²) in [7, 11) is 0. The van der Waals surface area contributed by atoms with Gasteiger partial charge in [-0.3, -0.25) is 4.79 Å². The first-order valence-corrected chi connectivity index (χ1v) is 8.44. The lowest BCUT2D eigenvalue weighted by Crippen LogP contribution is -2.37. The van der Waals surface area contributed by atoms with Gasteiger partial charge in [-0.25, -0.2) is 0 Å². The van der Waals surface area contributed by atoms with Gasteiger partial charge in [0.05, 0.1) is 6.04 Å². The van der Waals surface area contributed by atoms with Crippen LogP contribution < -0.4 is 19.5 Å². The normalized spacial score (nSPS) is 14.8. The number of fused-ring (bicyclic) bond motifs is 1. The Bertz CT molecular complexity index is 732. The molecule has 24 heavy (non-hydrogen) atoms. The predicted molar refractivity (Wildman–Crippen MR) is 93.4 cm³/mol. The Morgan fingerprint density at radius 3 is 2.58 bits per heavy atom. The third kappa shape index (κ3) is 3.82. The molecule has 2 aromatic carbocycles. The van der Waals surface area contributed by atoms with Crippen LogP contribution in [0, 0.1) is 0 Å². The number of rotatable bonds is 5. The van der Waals surface area contributed by atoms with Crippen molar-refractivity contribution in [3.63, 3.8) is 0 Å². The summed E-state index contributed by atoms with van der Waals surface area (Å²) < 4.78 is 17.3. The number of benzene rings is 2. The number of hydrogen-bond acceptors (Lipinski definition) is 4. The molecular weight excluding hydrogens is 374 g/mol. The largest absolute Gasteiger partial charge is 0.481 e. The van der Waals surface area contributed by atoms with Crippen LogP contribution in [0.25, 0.3) is 0 Å². The zero-order chi connectivity index (χ0) is 17.1. The van der Waals surface area contributed by atoms with E-state index >= 15 is 0 Å². The maximum atomic E-state index is 12.3. The summed E-state index contributed by atoms with van der Waals surface area (Å²) in [6.45, 7) is 3.88. The molecule has 0 spiro atoms. The van der Waals surface area contributed by atoms with E-state index < -0.39 is 6.10 Å². The van der Waals surface area contributed by atoms with Crippen LogP contribution in [0.3, 0.4) is 0 Å². The summed E-state index contributed by atoms with van der Waals surface area (Å²) in [4.78, 5) is 12.3. The lowest BCUT2D eigenvalue weighted by Gasteiger charge is -2.19. The van der Waals surface area contributed by atoms with Gasteiger partial charge in [-0.15, -0.1) is 0 Å². The minimum atomic E-state index is -0.595. The third-order valence-corrected chi connectivity index (χ3v) is 4.28. The average molecular weight is 392 g/mol. The minimum Gasteiger partial charge on any atom is -0.481 e. The molecule has 0 radical (unpaired) electrons. The fourth-order valence-corrected chi connectivity index (χ4v) is 2.63. The fourth-order valence-electron chi connectivity index (χ4n) is 2.37. The standard InChI is InChI=1S/C18H18BrNO4/c1-11(13-3-8-16-17(9-13)23-10-22-16)20-18(21)12(2)24-15-6-4-14(19)5-7-15/h3-9,11-12H,10H2,1-2H3,(H,20,21). The van der Waals surface area contributed by atoms with E-state index in [0.717, 1.165) is 15.8 Å². The molecule has 6 heteroatoms. The molecule has 2 aromatic rings. The fraction of sp³-hybridized carbons (Fsp3) is 0.278. The third-order valence-electron chi connectivity index (χ3n) is 3.75. The summed E-state index contributed by atoms with van der Waals surface area (Å²) in [6, 6.07) is 12.9. The Kier molecular flexibility index (Phi) is 4.94. The minimum absolute atomic E-state index is 0.164. The lowest BCUT2D eigenvalue weighted by atomic mass is 10.1. The molecule has 1 aliphatic rings.